The Hall–Kier alpha value is -0.280. The van der Waals surface area contributed by atoms with Crippen LogP contribution in [0.2, 0.25) is 0 Å². The average molecular weight is 258 g/mol. The minimum absolute atomic E-state index is 0.735. The van der Waals surface area contributed by atoms with Crippen LogP contribution in [0.4, 0.5) is 0 Å². The molecule has 1 aliphatic carbocycles. The van der Waals surface area contributed by atoms with Crippen molar-refractivity contribution >= 4 is 15.9 Å². The summed E-state index contributed by atoms with van der Waals surface area (Å²) < 4.78 is 6.23. The Morgan fingerprint density at radius 3 is 3.07 bits per heavy atom. The van der Waals surface area contributed by atoms with Crippen molar-refractivity contribution in [2.75, 3.05) is 0 Å². The third kappa shape index (κ3) is 2.61. The molecule has 2 unspecified atom stereocenters. The molecule has 2 nitrogen and oxygen atoms in total. The summed E-state index contributed by atoms with van der Waals surface area (Å²) in [6.45, 7) is 3.11. The van der Waals surface area contributed by atoms with E-state index in [2.05, 4.69) is 28.2 Å². The summed E-state index contributed by atoms with van der Waals surface area (Å²) in [4.78, 5) is 0. The van der Waals surface area contributed by atoms with Gasteiger partial charge in [-0.2, -0.15) is 0 Å². The molecule has 1 aliphatic rings. The molecule has 1 aromatic heterocycles. The van der Waals surface area contributed by atoms with Crippen LogP contribution in [0.15, 0.2) is 21.2 Å². The molecular weight excluding hydrogens is 242 g/mol. The molecule has 1 N–H and O–H groups in total. The SMILES string of the molecule is CCCC1CC1NCc1ccc(Br)o1. The summed E-state index contributed by atoms with van der Waals surface area (Å²) in [7, 11) is 0. The molecule has 1 fully saturated rings. The first kappa shape index (κ1) is 10.2. The van der Waals surface area contributed by atoms with Crippen LogP contribution in [0, 0.1) is 5.92 Å². The first-order valence-electron chi connectivity index (χ1n) is 5.27. The molecule has 0 radical (unpaired) electrons. The molecule has 1 heterocycles. The van der Waals surface area contributed by atoms with Crippen LogP contribution in [0.1, 0.15) is 31.9 Å². The van der Waals surface area contributed by atoms with Crippen LogP contribution in [-0.2, 0) is 6.54 Å². The number of hydrogen-bond acceptors (Lipinski definition) is 2. The van der Waals surface area contributed by atoms with Crippen molar-refractivity contribution in [3.8, 4) is 0 Å². The van der Waals surface area contributed by atoms with Crippen molar-refractivity contribution in [2.24, 2.45) is 5.92 Å². The second kappa shape index (κ2) is 4.49. The molecule has 0 aliphatic heterocycles. The highest BCUT2D eigenvalue weighted by Gasteiger charge is 2.35. The summed E-state index contributed by atoms with van der Waals surface area (Å²) >= 11 is 3.30. The minimum Gasteiger partial charge on any atom is -0.453 e. The van der Waals surface area contributed by atoms with E-state index < -0.39 is 0 Å². The van der Waals surface area contributed by atoms with E-state index in [4.69, 9.17) is 4.42 Å². The van der Waals surface area contributed by atoms with E-state index in [1.807, 2.05) is 12.1 Å². The Morgan fingerprint density at radius 1 is 1.57 bits per heavy atom. The molecule has 78 valence electrons. The first-order valence-corrected chi connectivity index (χ1v) is 6.06. The minimum atomic E-state index is 0.735. The highest BCUT2D eigenvalue weighted by molar-refractivity contribution is 9.10. The van der Waals surface area contributed by atoms with E-state index in [9.17, 15) is 0 Å². The predicted molar refractivity (Wildman–Crippen MR) is 60.1 cm³/mol. The summed E-state index contributed by atoms with van der Waals surface area (Å²) in [5.41, 5.74) is 0. The molecule has 0 spiro atoms. The fraction of sp³-hybridized carbons (Fsp3) is 0.636. The van der Waals surface area contributed by atoms with Gasteiger partial charge < -0.3 is 9.73 Å². The number of nitrogens with one attached hydrogen (secondary N) is 1. The van der Waals surface area contributed by atoms with Gasteiger partial charge in [-0.05, 0) is 46.8 Å². The van der Waals surface area contributed by atoms with Crippen molar-refractivity contribution < 1.29 is 4.42 Å². The predicted octanol–water partition coefficient (Wildman–Crippen LogP) is 3.32. The van der Waals surface area contributed by atoms with Crippen LogP contribution in [-0.4, -0.2) is 6.04 Å². The number of furan rings is 1. The van der Waals surface area contributed by atoms with Gasteiger partial charge in [0, 0.05) is 6.04 Å². The van der Waals surface area contributed by atoms with Crippen LogP contribution in [0.5, 0.6) is 0 Å². The van der Waals surface area contributed by atoms with Gasteiger partial charge in [-0.1, -0.05) is 13.3 Å². The molecule has 1 aromatic rings. The van der Waals surface area contributed by atoms with Gasteiger partial charge in [0.25, 0.3) is 0 Å². The Balaban J connectivity index is 1.69. The van der Waals surface area contributed by atoms with E-state index in [1.54, 1.807) is 0 Å². The second-order valence-electron chi connectivity index (χ2n) is 3.98. The zero-order valence-corrected chi connectivity index (χ0v) is 10.0. The lowest BCUT2D eigenvalue weighted by Crippen LogP contribution is -2.17. The van der Waals surface area contributed by atoms with E-state index in [1.165, 1.54) is 19.3 Å². The smallest absolute Gasteiger partial charge is 0.169 e. The fourth-order valence-corrected chi connectivity index (χ4v) is 2.21. The summed E-state index contributed by atoms with van der Waals surface area (Å²) in [6.07, 6.45) is 4.00. The van der Waals surface area contributed by atoms with Crippen LogP contribution in [0.3, 0.4) is 0 Å². The van der Waals surface area contributed by atoms with Gasteiger partial charge in [-0.3, -0.25) is 0 Å². The molecule has 14 heavy (non-hydrogen) atoms. The molecule has 2 rings (SSSR count). The molecular formula is C11H16BrNO. The topological polar surface area (TPSA) is 25.2 Å². The van der Waals surface area contributed by atoms with Gasteiger partial charge in [-0.25, -0.2) is 0 Å². The lowest BCUT2D eigenvalue weighted by molar-refractivity contribution is 0.458. The maximum absolute atomic E-state index is 5.41. The van der Waals surface area contributed by atoms with Gasteiger partial charge >= 0.3 is 0 Å². The normalized spacial score (nSPS) is 25.3. The highest BCUT2D eigenvalue weighted by Crippen LogP contribution is 2.34. The van der Waals surface area contributed by atoms with Crippen molar-refractivity contribution in [3.63, 3.8) is 0 Å². The maximum atomic E-state index is 5.41. The van der Waals surface area contributed by atoms with Gasteiger partial charge in [0.15, 0.2) is 4.67 Å². The van der Waals surface area contributed by atoms with Crippen LogP contribution in [0.25, 0.3) is 0 Å². The molecule has 3 heteroatoms. The van der Waals surface area contributed by atoms with Crippen LogP contribution >= 0.6 is 15.9 Å². The van der Waals surface area contributed by atoms with Crippen molar-refractivity contribution in [3.05, 3.63) is 22.6 Å². The Morgan fingerprint density at radius 2 is 2.43 bits per heavy atom. The maximum Gasteiger partial charge on any atom is 0.169 e. The molecule has 1 saturated carbocycles. The average Bonchev–Trinajstić information content (AvgIpc) is 2.77. The third-order valence-corrected chi connectivity index (χ3v) is 3.18. The zero-order chi connectivity index (χ0) is 9.97. The molecule has 2 atom stereocenters. The van der Waals surface area contributed by atoms with Crippen molar-refractivity contribution in [1.29, 1.82) is 0 Å². The number of hydrogen-bond donors (Lipinski definition) is 1. The van der Waals surface area contributed by atoms with Gasteiger partial charge in [0.05, 0.1) is 6.54 Å². The van der Waals surface area contributed by atoms with Gasteiger partial charge in [-0.15, -0.1) is 0 Å². The molecule has 0 aromatic carbocycles. The second-order valence-corrected chi connectivity index (χ2v) is 4.76. The number of halogens is 1. The van der Waals surface area contributed by atoms with E-state index >= 15 is 0 Å². The standard InChI is InChI=1S/C11H16BrNO/c1-2-3-8-6-10(8)13-7-9-4-5-11(12)14-9/h4-5,8,10,13H,2-3,6-7H2,1H3. The lowest BCUT2D eigenvalue weighted by Gasteiger charge is -2.00. The summed E-state index contributed by atoms with van der Waals surface area (Å²) in [5.74, 6) is 1.93. The van der Waals surface area contributed by atoms with E-state index in [0.29, 0.717) is 0 Å². The quantitative estimate of drug-likeness (QED) is 0.876. The summed E-state index contributed by atoms with van der Waals surface area (Å²) in [5, 5.41) is 3.51. The monoisotopic (exact) mass is 257 g/mol. The number of rotatable bonds is 5. The van der Waals surface area contributed by atoms with Crippen molar-refractivity contribution in [2.45, 2.75) is 38.8 Å². The fourth-order valence-electron chi connectivity index (χ4n) is 1.87. The Labute approximate surface area is 93.2 Å². The van der Waals surface area contributed by atoms with Gasteiger partial charge in [0.1, 0.15) is 5.76 Å². The third-order valence-electron chi connectivity index (χ3n) is 2.75. The van der Waals surface area contributed by atoms with Crippen molar-refractivity contribution in [1.82, 2.24) is 5.32 Å². The molecule has 0 bridgehead atoms. The Kier molecular flexibility index (Phi) is 3.29. The Bertz CT molecular complexity index is 297. The van der Waals surface area contributed by atoms with E-state index in [0.717, 1.165) is 28.9 Å². The van der Waals surface area contributed by atoms with E-state index in [-0.39, 0.29) is 0 Å². The lowest BCUT2D eigenvalue weighted by atomic mass is 10.2. The van der Waals surface area contributed by atoms with Crippen LogP contribution < -0.4 is 5.32 Å². The molecule has 0 amide bonds. The van der Waals surface area contributed by atoms with Gasteiger partial charge in [0.2, 0.25) is 0 Å². The highest BCUT2D eigenvalue weighted by atomic mass is 79.9. The summed E-state index contributed by atoms with van der Waals surface area (Å²) in [6, 6.07) is 4.68. The zero-order valence-electron chi connectivity index (χ0n) is 8.42. The first-order chi connectivity index (χ1) is 6.79. The molecule has 0 saturated heterocycles. The largest absolute Gasteiger partial charge is 0.453 e.